The average molecular weight is 294 g/mol. The molecule has 0 aromatic heterocycles. The Morgan fingerprint density at radius 3 is 2.36 bits per heavy atom. The second kappa shape index (κ2) is 7.23. The van der Waals surface area contributed by atoms with Gasteiger partial charge in [-0.05, 0) is 49.2 Å². The second-order valence-corrected chi connectivity index (χ2v) is 5.83. The first kappa shape index (κ1) is 14.8. The summed E-state index contributed by atoms with van der Waals surface area (Å²) in [6.45, 7) is 4.15. The van der Waals surface area contributed by atoms with Crippen molar-refractivity contribution < 1.29 is 5.11 Å². The number of hydrogen-bond donors (Lipinski definition) is 1. The van der Waals surface area contributed by atoms with Gasteiger partial charge in [0.1, 0.15) is 5.75 Å². The zero-order valence-corrected chi connectivity index (χ0v) is 12.8. The molecule has 1 N–H and O–H groups in total. The smallest absolute Gasteiger partial charge is 0.124 e. The Morgan fingerprint density at radius 1 is 0.955 bits per heavy atom. The van der Waals surface area contributed by atoms with E-state index in [1.54, 1.807) is 12.3 Å². The molecule has 0 radical (unpaired) electrons. The quantitative estimate of drug-likeness (QED) is 0.855. The molecule has 1 saturated heterocycles. The Bertz CT molecular complexity index is 628. The first-order chi connectivity index (χ1) is 10.8. The lowest BCUT2D eigenvalue weighted by Gasteiger charge is -2.14. The topological polar surface area (TPSA) is 35.8 Å². The predicted molar refractivity (Wildman–Crippen MR) is 90.4 cm³/mol. The first-order valence-electron chi connectivity index (χ1n) is 7.89. The van der Waals surface area contributed by atoms with Crippen molar-refractivity contribution in [3.05, 3.63) is 65.2 Å². The van der Waals surface area contributed by atoms with Crippen LogP contribution in [-0.4, -0.2) is 29.3 Å². The number of nitrogens with zero attached hydrogens (tertiary/aromatic N) is 2. The Kier molecular flexibility index (Phi) is 4.86. The monoisotopic (exact) mass is 294 g/mol. The number of likely N-dealkylation sites (tertiary alicyclic amines) is 1. The molecule has 114 valence electrons. The summed E-state index contributed by atoms with van der Waals surface area (Å²) in [6.07, 6.45) is 4.39. The third-order valence-corrected chi connectivity index (χ3v) is 4.07. The molecule has 3 nitrogen and oxygen atoms in total. The maximum atomic E-state index is 9.68. The number of aromatic hydroxyl groups is 1. The van der Waals surface area contributed by atoms with Gasteiger partial charge in [-0.3, -0.25) is 9.89 Å². The van der Waals surface area contributed by atoms with Gasteiger partial charge in [-0.2, -0.15) is 0 Å². The number of hydrogen-bond acceptors (Lipinski definition) is 3. The van der Waals surface area contributed by atoms with E-state index in [0.29, 0.717) is 6.54 Å². The van der Waals surface area contributed by atoms with Crippen molar-refractivity contribution in [3.8, 4) is 5.75 Å². The van der Waals surface area contributed by atoms with E-state index in [9.17, 15) is 5.11 Å². The largest absolute Gasteiger partial charge is 0.507 e. The summed E-state index contributed by atoms with van der Waals surface area (Å²) in [5.41, 5.74) is 3.32. The van der Waals surface area contributed by atoms with Gasteiger partial charge in [-0.15, -0.1) is 0 Å². The van der Waals surface area contributed by atoms with Crippen LogP contribution in [0, 0.1) is 0 Å². The van der Waals surface area contributed by atoms with Crippen LogP contribution in [0.15, 0.2) is 53.5 Å². The number of phenols is 1. The molecule has 0 amide bonds. The van der Waals surface area contributed by atoms with E-state index in [-0.39, 0.29) is 5.75 Å². The lowest BCUT2D eigenvalue weighted by molar-refractivity contribution is 0.331. The second-order valence-electron chi connectivity index (χ2n) is 5.83. The lowest BCUT2D eigenvalue weighted by Crippen LogP contribution is -2.18. The summed E-state index contributed by atoms with van der Waals surface area (Å²) in [6, 6.07) is 15.9. The lowest BCUT2D eigenvalue weighted by atomic mass is 10.1. The zero-order chi connectivity index (χ0) is 15.2. The minimum Gasteiger partial charge on any atom is -0.507 e. The molecule has 0 bridgehead atoms. The van der Waals surface area contributed by atoms with Crippen molar-refractivity contribution in [1.29, 1.82) is 0 Å². The fraction of sp³-hybridized carbons (Fsp3) is 0.316. The summed E-state index contributed by atoms with van der Waals surface area (Å²) in [4.78, 5) is 6.92. The summed E-state index contributed by atoms with van der Waals surface area (Å²) in [5.74, 6) is 0.271. The highest BCUT2D eigenvalue weighted by Gasteiger charge is 2.11. The predicted octanol–water partition coefficient (Wildman–Crippen LogP) is 3.61. The molecule has 0 spiro atoms. The van der Waals surface area contributed by atoms with Gasteiger partial charge in [0.15, 0.2) is 0 Å². The third kappa shape index (κ3) is 3.95. The van der Waals surface area contributed by atoms with Crippen molar-refractivity contribution in [2.24, 2.45) is 4.99 Å². The Labute approximate surface area is 131 Å². The van der Waals surface area contributed by atoms with Crippen molar-refractivity contribution in [2.45, 2.75) is 25.9 Å². The SMILES string of the molecule is Oc1ccccc1C=NCc1ccc(CN2CCCC2)cc1. The number of para-hydroxylation sites is 1. The fourth-order valence-electron chi connectivity index (χ4n) is 2.80. The zero-order valence-electron chi connectivity index (χ0n) is 12.8. The van der Waals surface area contributed by atoms with E-state index in [4.69, 9.17) is 0 Å². The average Bonchev–Trinajstić information content (AvgIpc) is 3.04. The highest BCUT2D eigenvalue weighted by Crippen LogP contribution is 2.15. The Hall–Kier alpha value is -2.13. The fourth-order valence-corrected chi connectivity index (χ4v) is 2.80. The van der Waals surface area contributed by atoms with Crippen molar-refractivity contribution in [3.63, 3.8) is 0 Å². The number of rotatable bonds is 5. The maximum Gasteiger partial charge on any atom is 0.124 e. The molecule has 0 aliphatic carbocycles. The molecule has 0 unspecified atom stereocenters. The van der Waals surface area contributed by atoms with Gasteiger partial charge < -0.3 is 5.11 Å². The van der Waals surface area contributed by atoms with Gasteiger partial charge in [0.25, 0.3) is 0 Å². The highest BCUT2D eigenvalue weighted by atomic mass is 16.3. The van der Waals surface area contributed by atoms with E-state index >= 15 is 0 Å². The van der Waals surface area contributed by atoms with Gasteiger partial charge in [-0.25, -0.2) is 0 Å². The number of benzene rings is 2. The molecule has 1 heterocycles. The normalized spacial score (nSPS) is 15.6. The molecule has 1 aliphatic rings. The minimum atomic E-state index is 0.271. The molecule has 3 rings (SSSR count). The molecule has 1 aliphatic heterocycles. The van der Waals surface area contributed by atoms with Gasteiger partial charge in [0, 0.05) is 18.3 Å². The standard InChI is InChI=1S/C19H22N2O/c22-19-6-2-1-5-18(19)14-20-13-16-7-9-17(10-8-16)15-21-11-3-4-12-21/h1-2,5-10,14,22H,3-4,11-13,15H2. The van der Waals surface area contributed by atoms with Crippen molar-refractivity contribution >= 4 is 6.21 Å². The molecule has 0 saturated carbocycles. The molecule has 1 fully saturated rings. The summed E-state index contributed by atoms with van der Waals surface area (Å²) < 4.78 is 0. The van der Waals surface area contributed by atoms with Crippen LogP contribution in [0.3, 0.4) is 0 Å². The molecular formula is C19H22N2O. The van der Waals surface area contributed by atoms with E-state index in [2.05, 4.69) is 34.2 Å². The van der Waals surface area contributed by atoms with Crippen LogP contribution in [0.4, 0.5) is 0 Å². The molecular weight excluding hydrogens is 272 g/mol. The number of phenolic OH excluding ortho intramolecular Hbond substituents is 1. The highest BCUT2D eigenvalue weighted by molar-refractivity contribution is 5.83. The van der Waals surface area contributed by atoms with Crippen molar-refractivity contribution in [1.82, 2.24) is 4.90 Å². The summed E-state index contributed by atoms with van der Waals surface area (Å²) in [5, 5.41) is 9.68. The van der Waals surface area contributed by atoms with Crippen LogP contribution in [0.2, 0.25) is 0 Å². The summed E-state index contributed by atoms with van der Waals surface area (Å²) in [7, 11) is 0. The van der Waals surface area contributed by atoms with Crippen molar-refractivity contribution in [2.75, 3.05) is 13.1 Å². The minimum absolute atomic E-state index is 0.271. The molecule has 2 aromatic rings. The Morgan fingerprint density at radius 2 is 1.64 bits per heavy atom. The van der Waals surface area contributed by atoms with Gasteiger partial charge in [-0.1, -0.05) is 36.4 Å². The van der Waals surface area contributed by atoms with Gasteiger partial charge >= 0.3 is 0 Å². The first-order valence-corrected chi connectivity index (χ1v) is 7.89. The Balaban J connectivity index is 1.55. The van der Waals surface area contributed by atoms with E-state index in [1.165, 1.54) is 37.1 Å². The van der Waals surface area contributed by atoms with Crippen LogP contribution < -0.4 is 0 Å². The van der Waals surface area contributed by atoms with Gasteiger partial charge in [0.2, 0.25) is 0 Å². The van der Waals surface area contributed by atoms with Crippen LogP contribution in [0.1, 0.15) is 29.5 Å². The molecule has 2 aromatic carbocycles. The van der Waals surface area contributed by atoms with Gasteiger partial charge in [0.05, 0.1) is 6.54 Å². The number of aliphatic imine (C=N–C) groups is 1. The van der Waals surface area contributed by atoms with Crippen LogP contribution in [0.5, 0.6) is 5.75 Å². The maximum absolute atomic E-state index is 9.68. The molecule has 3 heteroatoms. The van der Waals surface area contributed by atoms with E-state index in [1.807, 2.05) is 18.2 Å². The molecule has 22 heavy (non-hydrogen) atoms. The van der Waals surface area contributed by atoms with Crippen LogP contribution >= 0.6 is 0 Å². The van der Waals surface area contributed by atoms with E-state index < -0.39 is 0 Å². The van der Waals surface area contributed by atoms with E-state index in [0.717, 1.165) is 12.1 Å². The third-order valence-electron chi connectivity index (χ3n) is 4.07. The summed E-state index contributed by atoms with van der Waals surface area (Å²) >= 11 is 0. The molecule has 0 atom stereocenters. The van der Waals surface area contributed by atoms with Crippen LogP contribution in [-0.2, 0) is 13.1 Å². The van der Waals surface area contributed by atoms with Crippen LogP contribution in [0.25, 0.3) is 0 Å².